The Balaban J connectivity index is 4.48. The maximum absolute atomic E-state index is 12.1. The molecule has 0 saturated carbocycles. The highest BCUT2D eigenvalue weighted by molar-refractivity contribution is 5.80. The van der Waals surface area contributed by atoms with Crippen molar-refractivity contribution < 1.29 is 14.3 Å². The van der Waals surface area contributed by atoms with Crippen molar-refractivity contribution in [3.63, 3.8) is 0 Å². The van der Waals surface area contributed by atoms with Crippen LogP contribution in [-0.4, -0.2) is 68.2 Å². The lowest BCUT2D eigenvalue weighted by atomic mass is 10.0. The van der Waals surface area contributed by atoms with E-state index >= 15 is 0 Å². The zero-order valence-corrected chi connectivity index (χ0v) is 19.2. The minimum atomic E-state index is -0.515. The number of nitrogens with one attached hydrogen (secondary N) is 3. The van der Waals surface area contributed by atoms with E-state index in [0.717, 1.165) is 18.9 Å². The molecule has 1 atom stereocenters. The summed E-state index contributed by atoms with van der Waals surface area (Å²) in [5, 5.41) is 9.07. The number of alkyl carbamates (subject to hydrolysis) is 1. The monoisotopic (exact) mass is 399 g/mol. The third kappa shape index (κ3) is 11.7. The molecular formula is C20H41N5O3. The van der Waals surface area contributed by atoms with Gasteiger partial charge in [-0.05, 0) is 33.1 Å². The number of guanidine groups is 1. The molecule has 8 nitrogen and oxygen atoms in total. The average Bonchev–Trinajstić information content (AvgIpc) is 2.56. The molecule has 0 saturated heterocycles. The van der Waals surface area contributed by atoms with Gasteiger partial charge in [-0.2, -0.15) is 0 Å². The molecule has 0 heterocycles. The number of carbonyl (C=O) groups excluding carboxylic acids is 2. The quantitative estimate of drug-likeness (QED) is 0.314. The van der Waals surface area contributed by atoms with Gasteiger partial charge in [-0.1, -0.05) is 27.7 Å². The Kier molecular flexibility index (Phi) is 11.6. The van der Waals surface area contributed by atoms with E-state index in [0.29, 0.717) is 13.1 Å². The van der Waals surface area contributed by atoms with E-state index < -0.39 is 11.7 Å². The van der Waals surface area contributed by atoms with Crippen molar-refractivity contribution in [2.24, 2.45) is 16.8 Å². The predicted molar refractivity (Wildman–Crippen MR) is 114 cm³/mol. The van der Waals surface area contributed by atoms with E-state index in [1.165, 1.54) is 0 Å². The van der Waals surface area contributed by atoms with Gasteiger partial charge in [0.1, 0.15) is 5.60 Å². The number of carbonyl (C=O) groups is 2. The lowest BCUT2D eigenvalue weighted by Crippen LogP contribution is -2.46. The van der Waals surface area contributed by atoms with E-state index in [1.807, 2.05) is 46.6 Å². The zero-order chi connectivity index (χ0) is 21.9. The molecule has 3 N–H and O–H groups in total. The Morgan fingerprint density at radius 2 is 1.64 bits per heavy atom. The van der Waals surface area contributed by atoms with Gasteiger partial charge in [-0.15, -0.1) is 0 Å². The van der Waals surface area contributed by atoms with Crippen molar-refractivity contribution in [3.05, 3.63) is 0 Å². The SMILES string of the molecule is CN=C(NCCNC(=O)C(C)C)N(C)CCC(NC(=O)OC(C)(C)C)C(C)C. The molecule has 0 aliphatic carbocycles. The number of hydrogen-bond donors (Lipinski definition) is 3. The molecule has 0 fully saturated rings. The molecule has 28 heavy (non-hydrogen) atoms. The Morgan fingerprint density at radius 3 is 2.11 bits per heavy atom. The van der Waals surface area contributed by atoms with Crippen molar-refractivity contribution in [2.45, 2.75) is 66.5 Å². The maximum atomic E-state index is 12.1. The number of amides is 2. The van der Waals surface area contributed by atoms with E-state index in [2.05, 4.69) is 34.8 Å². The van der Waals surface area contributed by atoms with Crippen LogP contribution in [0.2, 0.25) is 0 Å². The first kappa shape index (κ1) is 26.0. The standard InChI is InChI=1S/C20H41N5O3/c1-14(2)16(24-19(27)28-20(5,6)7)10-13-25(9)18(21-8)23-12-11-22-17(26)15(3)4/h14-16H,10-13H2,1-9H3,(H,21,23)(H,22,26)(H,24,27). The van der Waals surface area contributed by atoms with E-state index in [-0.39, 0.29) is 23.8 Å². The van der Waals surface area contributed by atoms with Crippen molar-refractivity contribution in [1.29, 1.82) is 0 Å². The normalized spacial score (nSPS) is 13.3. The van der Waals surface area contributed by atoms with Gasteiger partial charge in [0, 0.05) is 45.7 Å². The van der Waals surface area contributed by atoms with Crippen LogP contribution in [0.15, 0.2) is 4.99 Å². The molecule has 0 aromatic carbocycles. The van der Waals surface area contributed by atoms with Gasteiger partial charge in [0.15, 0.2) is 5.96 Å². The minimum absolute atomic E-state index is 0.000682. The summed E-state index contributed by atoms with van der Waals surface area (Å²) in [7, 11) is 3.68. The third-order valence-electron chi connectivity index (χ3n) is 4.09. The molecule has 8 heteroatoms. The second-order valence-electron chi connectivity index (χ2n) is 8.63. The van der Waals surface area contributed by atoms with Crippen LogP contribution in [-0.2, 0) is 9.53 Å². The number of rotatable bonds is 9. The maximum Gasteiger partial charge on any atom is 0.407 e. The summed E-state index contributed by atoms with van der Waals surface area (Å²) in [5.74, 6) is 1.05. The highest BCUT2D eigenvalue weighted by Crippen LogP contribution is 2.11. The summed E-state index contributed by atoms with van der Waals surface area (Å²) in [6, 6.07) is 0.000682. The van der Waals surface area contributed by atoms with Gasteiger partial charge in [-0.25, -0.2) is 4.79 Å². The fourth-order valence-electron chi connectivity index (χ4n) is 2.42. The van der Waals surface area contributed by atoms with Gasteiger partial charge in [0.25, 0.3) is 0 Å². The van der Waals surface area contributed by atoms with Gasteiger partial charge in [0.05, 0.1) is 0 Å². The first-order valence-electron chi connectivity index (χ1n) is 10.1. The van der Waals surface area contributed by atoms with Crippen LogP contribution >= 0.6 is 0 Å². The van der Waals surface area contributed by atoms with Crippen LogP contribution in [0.3, 0.4) is 0 Å². The van der Waals surface area contributed by atoms with Crippen LogP contribution in [0.4, 0.5) is 4.79 Å². The summed E-state index contributed by atoms with van der Waals surface area (Å²) < 4.78 is 5.36. The number of nitrogens with zero attached hydrogens (tertiary/aromatic N) is 2. The molecular weight excluding hydrogens is 358 g/mol. The molecule has 0 bridgehead atoms. The van der Waals surface area contributed by atoms with Gasteiger partial charge >= 0.3 is 6.09 Å². The fourth-order valence-corrected chi connectivity index (χ4v) is 2.42. The molecule has 0 radical (unpaired) electrons. The number of hydrogen-bond acceptors (Lipinski definition) is 4. The van der Waals surface area contributed by atoms with E-state index in [9.17, 15) is 9.59 Å². The van der Waals surface area contributed by atoms with Crippen molar-refractivity contribution in [3.8, 4) is 0 Å². The number of ether oxygens (including phenoxy) is 1. The van der Waals surface area contributed by atoms with Gasteiger partial charge in [0.2, 0.25) is 5.91 Å². The summed E-state index contributed by atoms with van der Waals surface area (Å²) >= 11 is 0. The second-order valence-corrected chi connectivity index (χ2v) is 8.63. The third-order valence-corrected chi connectivity index (χ3v) is 4.09. The van der Waals surface area contributed by atoms with Gasteiger partial charge < -0.3 is 25.6 Å². The van der Waals surface area contributed by atoms with Crippen molar-refractivity contribution >= 4 is 18.0 Å². The van der Waals surface area contributed by atoms with Crippen molar-refractivity contribution in [2.75, 3.05) is 33.7 Å². The lowest BCUT2D eigenvalue weighted by molar-refractivity contribution is -0.123. The van der Waals surface area contributed by atoms with Crippen LogP contribution in [0.5, 0.6) is 0 Å². The first-order chi connectivity index (χ1) is 12.9. The molecule has 1 unspecified atom stereocenters. The molecule has 0 aliphatic heterocycles. The molecule has 0 aliphatic rings. The van der Waals surface area contributed by atoms with Crippen molar-refractivity contribution in [1.82, 2.24) is 20.9 Å². The Bertz CT molecular complexity index is 512. The van der Waals surface area contributed by atoms with Crippen LogP contribution < -0.4 is 16.0 Å². The number of aliphatic imine (C=N–C) groups is 1. The highest BCUT2D eigenvalue weighted by atomic mass is 16.6. The Labute approximate surface area is 170 Å². The zero-order valence-electron chi connectivity index (χ0n) is 19.2. The molecule has 0 spiro atoms. The second kappa shape index (κ2) is 12.5. The highest BCUT2D eigenvalue weighted by Gasteiger charge is 2.22. The Hall–Kier alpha value is -1.99. The van der Waals surface area contributed by atoms with Crippen LogP contribution in [0.1, 0.15) is 54.9 Å². The van der Waals surface area contributed by atoms with E-state index in [1.54, 1.807) is 7.05 Å². The summed E-state index contributed by atoms with van der Waals surface area (Å²) in [6.07, 6.45) is 0.371. The molecule has 0 rings (SSSR count). The summed E-state index contributed by atoms with van der Waals surface area (Å²) in [5.41, 5.74) is -0.515. The largest absolute Gasteiger partial charge is 0.444 e. The first-order valence-corrected chi connectivity index (χ1v) is 10.1. The fraction of sp³-hybridized carbons (Fsp3) is 0.850. The van der Waals surface area contributed by atoms with Crippen LogP contribution in [0.25, 0.3) is 0 Å². The summed E-state index contributed by atoms with van der Waals surface area (Å²) in [6.45, 7) is 15.3. The smallest absolute Gasteiger partial charge is 0.407 e. The Morgan fingerprint density at radius 1 is 1.07 bits per heavy atom. The van der Waals surface area contributed by atoms with E-state index in [4.69, 9.17) is 4.74 Å². The summed E-state index contributed by atoms with van der Waals surface area (Å²) in [4.78, 5) is 29.9. The molecule has 0 aromatic heterocycles. The molecule has 0 aromatic rings. The van der Waals surface area contributed by atoms with Gasteiger partial charge in [-0.3, -0.25) is 9.79 Å². The molecule has 164 valence electrons. The van der Waals surface area contributed by atoms with Crippen LogP contribution in [0, 0.1) is 11.8 Å². The lowest BCUT2D eigenvalue weighted by Gasteiger charge is -2.28. The molecule has 2 amide bonds. The average molecular weight is 400 g/mol. The topological polar surface area (TPSA) is 95.1 Å². The predicted octanol–water partition coefficient (Wildman–Crippen LogP) is 2.21. The minimum Gasteiger partial charge on any atom is -0.444 e.